The first-order valence-electron chi connectivity index (χ1n) is 27.3. The molecule has 0 amide bonds. The Morgan fingerprint density at radius 2 is 0.506 bits per heavy atom. The summed E-state index contributed by atoms with van der Waals surface area (Å²) in [6.45, 7) is 18.6. The van der Waals surface area contributed by atoms with Crippen LogP contribution in [0.25, 0.3) is 57.7 Å². The van der Waals surface area contributed by atoms with Crippen molar-refractivity contribution >= 4 is 58.4 Å². The first kappa shape index (κ1) is 48.0. The number of para-hydroxylation sites is 2. The monoisotopic (exact) mass is 993 g/mol. The van der Waals surface area contributed by atoms with Crippen LogP contribution in [0.2, 0.25) is 0 Å². The molecule has 0 radical (unpaired) electrons. The van der Waals surface area contributed by atoms with Gasteiger partial charge in [-0.25, -0.2) is 0 Å². The summed E-state index contributed by atoms with van der Waals surface area (Å²) in [6, 6.07) is 81.2. The van der Waals surface area contributed by atoms with Crippen molar-refractivity contribution in [3.8, 4) is 33.4 Å². The van der Waals surface area contributed by atoms with Crippen LogP contribution in [0, 0.1) is 13.8 Å². The van der Waals surface area contributed by atoms with E-state index in [0.717, 1.165) is 22.7 Å². The highest BCUT2D eigenvalue weighted by molar-refractivity contribution is 5.90. The van der Waals surface area contributed by atoms with Gasteiger partial charge in [0.15, 0.2) is 0 Å². The molecule has 0 heterocycles. The van der Waals surface area contributed by atoms with E-state index < -0.39 is 0 Å². The van der Waals surface area contributed by atoms with Gasteiger partial charge in [0, 0.05) is 50.4 Å². The Labute approximate surface area is 456 Å². The van der Waals surface area contributed by atoms with Crippen molar-refractivity contribution in [2.24, 2.45) is 0 Å². The highest BCUT2D eigenvalue weighted by Gasteiger charge is 2.39. The largest absolute Gasteiger partial charge is 0.310 e. The van der Waals surface area contributed by atoms with Crippen molar-refractivity contribution in [1.29, 1.82) is 0 Å². The summed E-state index contributed by atoms with van der Waals surface area (Å²) in [4.78, 5) is 4.76. The Kier molecular flexibility index (Phi) is 11.4. The average Bonchev–Trinajstić information content (AvgIpc) is 4.12. The van der Waals surface area contributed by atoms with Crippen LogP contribution >= 0.6 is 0 Å². The van der Waals surface area contributed by atoms with Gasteiger partial charge in [-0.15, -0.1) is 0 Å². The topological polar surface area (TPSA) is 6.48 Å². The van der Waals surface area contributed by atoms with E-state index in [4.69, 9.17) is 0 Å². The predicted octanol–water partition coefficient (Wildman–Crippen LogP) is 20.5. The van der Waals surface area contributed by atoms with Crippen molar-refractivity contribution in [1.82, 2.24) is 0 Å². The van der Waals surface area contributed by atoms with Crippen LogP contribution < -0.4 is 9.80 Å². The van der Waals surface area contributed by atoms with Crippen molar-refractivity contribution in [3.05, 3.63) is 285 Å². The van der Waals surface area contributed by atoms with Gasteiger partial charge < -0.3 is 9.80 Å². The standard InChI is InChI=1S/C75H64N2/c1-49-17-15-23-57(41-49)76(55-19-11-9-12-20-55)59-33-39-65-63-37-31-53(45-69(63)74(5,6)71(65)47-59)27-25-51-29-35-61-62-36-30-52(44-68(62)73(3,4)67(61)43-51)26-28-54-32-38-64-66-40-34-60(48-72(66)75(7,8)70(64)46-54)77(56-21-13-10-14-22-56)58-24-16-18-50(2)42-58/h9-48H,1-8H3/b27-25+,28-26+. The molecule has 3 aliphatic carbocycles. The molecule has 0 unspecified atom stereocenters. The van der Waals surface area contributed by atoms with Gasteiger partial charge >= 0.3 is 0 Å². The first-order chi connectivity index (χ1) is 37.2. The van der Waals surface area contributed by atoms with Gasteiger partial charge in [0.25, 0.3) is 0 Å². The molecule has 0 saturated carbocycles. The zero-order valence-corrected chi connectivity index (χ0v) is 45.5. The van der Waals surface area contributed by atoms with Gasteiger partial charge in [-0.1, -0.05) is 211 Å². The van der Waals surface area contributed by atoms with Gasteiger partial charge in [-0.3, -0.25) is 0 Å². The Hall–Kier alpha value is -8.72. The zero-order valence-electron chi connectivity index (χ0n) is 45.5. The number of aryl methyl sites for hydroxylation is 2. The summed E-state index contributed by atoms with van der Waals surface area (Å²) in [7, 11) is 0. The summed E-state index contributed by atoms with van der Waals surface area (Å²) < 4.78 is 0. The Balaban J connectivity index is 0.732. The van der Waals surface area contributed by atoms with Crippen LogP contribution in [0.4, 0.5) is 34.1 Å². The van der Waals surface area contributed by atoms with Crippen molar-refractivity contribution in [2.75, 3.05) is 9.80 Å². The van der Waals surface area contributed by atoms with Crippen molar-refractivity contribution in [2.45, 2.75) is 71.6 Å². The van der Waals surface area contributed by atoms with E-state index >= 15 is 0 Å². The van der Waals surface area contributed by atoms with Gasteiger partial charge in [-0.2, -0.15) is 0 Å². The van der Waals surface area contributed by atoms with Crippen molar-refractivity contribution < 1.29 is 0 Å². The summed E-state index contributed by atoms with van der Waals surface area (Å²) in [5.41, 5.74) is 30.0. The molecule has 0 aliphatic heterocycles. The second-order valence-corrected chi connectivity index (χ2v) is 23.2. The van der Waals surface area contributed by atoms with Crippen LogP contribution in [-0.4, -0.2) is 0 Å². The fourth-order valence-electron chi connectivity index (χ4n) is 12.9. The lowest BCUT2D eigenvalue weighted by Gasteiger charge is -2.28. The molecule has 3 aliphatic rings. The molecule has 0 aromatic heterocycles. The SMILES string of the molecule is Cc1cccc(N(c2ccccc2)c2ccc3c(c2)C(C)(C)c2cc(/C=C/c4ccc5c(c4)C(C)(C)c4cc(/C=C/c6ccc7c(c6)C(C)(C)c6cc(N(c8ccccc8)c8cccc(C)c8)ccc6-7)ccc4-5)ccc2-3)c1. The number of fused-ring (bicyclic) bond motifs is 9. The molecule has 10 aromatic carbocycles. The maximum atomic E-state index is 2.42. The fourth-order valence-corrected chi connectivity index (χ4v) is 12.9. The van der Waals surface area contributed by atoms with E-state index in [0.29, 0.717) is 0 Å². The van der Waals surface area contributed by atoms with E-state index in [-0.39, 0.29) is 16.2 Å². The van der Waals surface area contributed by atoms with Gasteiger partial charge in [0.1, 0.15) is 0 Å². The molecule has 2 nitrogen and oxygen atoms in total. The lowest BCUT2D eigenvalue weighted by molar-refractivity contribution is 0.660. The lowest BCUT2D eigenvalue weighted by atomic mass is 9.81. The molecule has 0 bridgehead atoms. The summed E-state index contributed by atoms with van der Waals surface area (Å²) >= 11 is 0. The smallest absolute Gasteiger partial charge is 0.0465 e. The van der Waals surface area contributed by atoms with E-state index in [1.807, 2.05) is 0 Å². The second kappa shape index (κ2) is 18.2. The molecule has 0 fully saturated rings. The summed E-state index contributed by atoms with van der Waals surface area (Å²) in [5, 5.41) is 0. The van der Waals surface area contributed by atoms with Crippen LogP contribution in [-0.2, 0) is 16.2 Å². The molecule has 10 aromatic rings. The van der Waals surface area contributed by atoms with E-state index in [2.05, 4.69) is 308 Å². The Morgan fingerprint density at radius 1 is 0.247 bits per heavy atom. The van der Waals surface area contributed by atoms with Crippen LogP contribution in [0.3, 0.4) is 0 Å². The normalized spacial score (nSPS) is 14.7. The molecule has 0 spiro atoms. The minimum Gasteiger partial charge on any atom is -0.310 e. The third kappa shape index (κ3) is 8.17. The third-order valence-electron chi connectivity index (χ3n) is 17.1. The Bertz CT molecular complexity index is 3770. The molecule has 2 heteroatoms. The van der Waals surface area contributed by atoms with E-state index in [1.165, 1.54) is 112 Å². The maximum absolute atomic E-state index is 2.42. The number of benzene rings is 10. The molecular formula is C75H64N2. The predicted molar refractivity (Wildman–Crippen MR) is 329 cm³/mol. The minimum atomic E-state index is -0.165. The molecule has 0 saturated heterocycles. The Morgan fingerprint density at radius 3 is 0.805 bits per heavy atom. The summed E-state index contributed by atoms with van der Waals surface area (Å²) in [6.07, 6.45) is 9.17. The molecule has 0 N–H and O–H groups in total. The lowest BCUT2D eigenvalue weighted by Crippen LogP contribution is -2.16. The molecular weight excluding hydrogens is 929 g/mol. The van der Waals surface area contributed by atoms with E-state index in [9.17, 15) is 0 Å². The molecule has 77 heavy (non-hydrogen) atoms. The molecule has 374 valence electrons. The zero-order chi connectivity index (χ0) is 52.8. The third-order valence-corrected chi connectivity index (χ3v) is 17.1. The minimum absolute atomic E-state index is 0.145. The second-order valence-electron chi connectivity index (χ2n) is 23.2. The van der Waals surface area contributed by atoms with Crippen LogP contribution in [0.15, 0.2) is 218 Å². The highest BCUT2D eigenvalue weighted by Crippen LogP contribution is 2.54. The van der Waals surface area contributed by atoms with Gasteiger partial charge in [0.05, 0.1) is 0 Å². The van der Waals surface area contributed by atoms with Crippen LogP contribution in [0.1, 0.15) is 108 Å². The molecule has 13 rings (SSSR count). The van der Waals surface area contributed by atoms with Gasteiger partial charge in [-0.05, 0) is 187 Å². The fraction of sp³-hybridized carbons (Fsp3) is 0.147. The van der Waals surface area contributed by atoms with Gasteiger partial charge in [0.2, 0.25) is 0 Å². The maximum Gasteiger partial charge on any atom is 0.0465 e. The quantitative estimate of drug-likeness (QED) is 0.126. The van der Waals surface area contributed by atoms with Crippen molar-refractivity contribution in [3.63, 3.8) is 0 Å². The molecule has 0 atom stereocenters. The average molecular weight is 993 g/mol. The number of rotatable bonds is 10. The highest BCUT2D eigenvalue weighted by atomic mass is 15.1. The number of hydrogen-bond acceptors (Lipinski definition) is 2. The number of nitrogens with zero attached hydrogens (tertiary/aromatic N) is 2. The summed E-state index contributed by atoms with van der Waals surface area (Å²) in [5.74, 6) is 0. The van der Waals surface area contributed by atoms with E-state index in [1.54, 1.807) is 0 Å². The first-order valence-corrected chi connectivity index (χ1v) is 27.3. The number of anilines is 6. The van der Waals surface area contributed by atoms with Crippen LogP contribution in [0.5, 0.6) is 0 Å². The number of hydrogen-bond donors (Lipinski definition) is 0.